The number of hydrogen-bond donors (Lipinski definition) is 1. The number of likely N-dealkylation sites (N-methyl/N-ethyl adjacent to an activating group) is 1. The molecule has 0 saturated carbocycles. The molecular formula is C16H25NO2S. The number of carbonyl (C=O) groups is 1. The molecule has 0 saturated heterocycles. The standard InChI is InChI=1S/C16H25NO2S/c1-4-17-16(2,15(18)19-3)11-8-12-20-13-14-9-6-5-7-10-14/h5-7,9-10,17H,4,8,11-13H2,1-3H3. The van der Waals surface area contributed by atoms with Crippen LogP contribution in [0.3, 0.4) is 0 Å². The first kappa shape index (κ1) is 17.1. The second kappa shape index (κ2) is 9.03. The monoisotopic (exact) mass is 295 g/mol. The van der Waals surface area contributed by atoms with Crippen molar-refractivity contribution in [1.29, 1.82) is 0 Å². The van der Waals surface area contributed by atoms with E-state index in [1.54, 1.807) is 0 Å². The molecule has 4 heteroatoms. The van der Waals surface area contributed by atoms with E-state index < -0.39 is 5.54 Å². The predicted molar refractivity (Wildman–Crippen MR) is 85.9 cm³/mol. The Labute approximate surface area is 126 Å². The molecular weight excluding hydrogens is 270 g/mol. The van der Waals surface area contributed by atoms with E-state index >= 15 is 0 Å². The number of methoxy groups -OCH3 is 1. The second-order valence-corrected chi connectivity index (χ2v) is 6.10. The van der Waals surface area contributed by atoms with Gasteiger partial charge in [-0.3, -0.25) is 4.79 Å². The minimum atomic E-state index is -0.559. The molecule has 1 aromatic carbocycles. The fourth-order valence-electron chi connectivity index (χ4n) is 2.17. The number of ether oxygens (including phenoxy) is 1. The Hall–Kier alpha value is -1.00. The first-order valence-electron chi connectivity index (χ1n) is 7.07. The maximum Gasteiger partial charge on any atom is 0.325 e. The Morgan fingerprint density at radius 1 is 1.35 bits per heavy atom. The van der Waals surface area contributed by atoms with Gasteiger partial charge >= 0.3 is 5.97 Å². The quantitative estimate of drug-likeness (QED) is 0.561. The minimum Gasteiger partial charge on any atom is -0.468 e. The van der Waals surface area contributed by atoms with Gasteiger partial charge in [0.2, 0.25) is 0 Å². The van der Waals surface area contributed by atoms with Crippen LogP contribution >= 0.6 is 11.8 Å². The molecule has 1 unspecified atom stereocenters. The summed E-state index contributed by atoms with van der Waals surface area (Å²) in [4.78, 5) is 11.8. The van der Waals surface area contributed by atoms with Crippen LogP contribution < -0.4 is 5.32 Å². The zero-order valence-electron chi connectivity index (χ0n) is 12.6. The highest BCUT2D eigenvalue weighted by atomic mass is 32.2. The van der Waals surface area contributed by atoms with E-state index in [0.717, 1.165) is 30.9 Å². The van der Waals surface area contributed by atoms with Crippen LogP contribution in [0.25, 0.3) is 0 Å². The van der Waals surface area contributed by atoms with Crippen LogP contribution in [0.5, 0.6) is 0 Å². The van der Waals surface area contributed by atoms with E-state index in [0.29, 0.717) is 0 Å². The van der Waals surface area contributed by atoms with Gasteiger partial charge < -0.3 is 10.1 Å². The van der Waals surface area contributed by atoms with Crippen LogP contribution in [0.1, 0.15) is 32.3 Å². The Morgan fingerprint density at radius 2 is 2.05 bits per heavy atom. The van der Waals surface area contributed by atoms with Gasteiger partial charge in [-0.1, -0.05) is 37.3 Å². The molecule has 0 aliphatic carbocycles. The zero-order chi connectivity index (χ0) is 14.8. The largest absolute Gasteiger partial charge is 0.468 e. The number of nitrogens with one attached hydrogen (secondary N) is 1. The van der Waals surface area contributed by atoms with Gasteiger partial charge in [0.05, 0.1) is 7.11 Å². The predicted octanol–water partition coefficient (Wildman–Crippen LogP) is 3.24. The molecule has 0 aliphatic rings. The van der Waals surface area contributed by atoms with Crippen molar-refractivity contribution in [2.45, 2.75) is 38.0 Å². The van der Waals surface area contributed by atoms with Crippen molar-refractivity contribution in [3.8, 4) is 0 Å². The lowest BCUT2D eigenvalue weighted by Gasteiger charge is -2.27. The van der Waals surface area contributed by atoms with Crippen molar-refractivity contribution in [2.24, 2.45) is 0 Å². The van der Waals surface area contributed by atoms with Crippen LogP contribution in [0.15, 0.2) is 30.3 Å². The summed E-state index contributed by atoms with van der Waals surface area (Å²) in [6, 6.07) is 10.4. The molecule has 0 amide bonds. The molecule has 20 heavy (non-hydrogen) atoms. The third-order valence-corrected chi connectivity index (χ3v) is 4.39. The third kappa shape index (κ3) is 5.55. The van der Waals surface area contributed by atoms with Crippen LogP contribution in [0.4, 0.5) is 0 Å². The van der Waals surface area contributed by atoms with Gasteiger partial charge in [0, 0.05) is 5.75 Å². The molecule has 3 nitrogen and oxygen atoms in total. The Balaban J connectivity index is 2.29. The highest BCUT2D eigenvalue weighted by molar-refractivity contribution is 7.98. The molecule has 0 aliphatic heterocycles. The molecule has 1 atom stereocenters. The molecule has 1 aromatic rings. The molecule has 0 heterocycles. The summed E-state index contributed by atoms with van der Waals surface area (Å²) in [5.41, 5.74) is 0.788. The van der Waals surface area contributed by atoms with Crippen molar-refractivity contribution in [1.82, 2.24) is 5.32 Å². The highest BCUT2D eigenvalue weighted by Crippen LogP contribution is 2.19. The fraction of sp³-hybridized carbons (Fsp3) is 0.562. The van der Waals surface area contributed by atoms with Crippen molar-refractivity contribution >= 4 is 17.7 Å². The van der Waals surface area contributed by atoms with Crippen LogP contribution in [0, 0.1) is 0 Å². The van der Waals surface area contributed by atoms with Crippen LogP contribution in [-0.2, 0) is 15.3 Å². The van der Waals surface area contributed by atoms with E-state index in [1.807, 2.05) is 31.7 Å². The zero-order valence-corrected chi connectivity index (χ0v) is 13.5. The first-order valence-corrected chi connectivity index (χ1v) is 8.23. The lowest BCUT2D eigenvalue weighted by molar-refractivity contribution is -0.148. The number of esters is 1. The van der Waals surface area contributed by atoms with Gasteiger partial charge in [0.15, 0.2) is 0 Å². The Morgan fingerprint density at radius 3 is 2.65 bits per heavy atom. The van der Waals surface area contributed by atoms with Crippen molar-refractivity contribution in [2.75, 3.05) is 19.4 Å². The molecule has 1 rings (SSSR count). The Kier molecular flexibility index (Phi) is 7.70. The van der Waals surface area contributed by atoms with Gasteiger partial charge in [-0.2, -0.15) is 11.8 Å². The van der Waals surface area contributed by atoms with Gasteiger partial charge in [-0.05, 0) is 37.6 Å². The topological polar surface area (TPSA) is 38.3 Å². The number of thioether (sulfide) groups is 1. The third-order valence-electron chi connectivity index (χ3n) is 3.28. The minimum absolute atomic E-state index is 0.174. The average molecular weight is 295 g/mol. The molecule has 0 radical (unpaired) electrons. The smallest absolute Gasteiger partial charge is 0.325 e. The van der Waals surface area contributed by atoms with E-state index in [1.165, 1.54) is 12.7 Å². The number of hydrogen-bond acceptors (Lipinski definition) is 4. The Bertz CT molecular complexity index is 397. The molecule has 0 aromatic heterocycles. The lowest BCUT2D eigenvalue weighted by atomic mass is 9.96. The number of carbonyl (C=O) groups excluding carboxylic acids is 1. The van der Waals surface area contributed by atoms with Gasteiger partial charge in [0.1, 0.15) is 5.54 Å². The summed E-state index contributed by atoms with van der Waals surface area (Å²) >= 11 is 1.90. The van der Waals surface area contributed by atoms with Crippen LogP contribution in [0.2, 0.25) is 0 Å². The maximum atomic E-state index is 11.8. The SMILES string of the molecule is CCNC(C)(CCCSCc1ccccc1)C(=O)OC. The number of benzene rings is 1. The molecule has 0 bridgehead atoms. The number of rotatable bonds is 9. The molecule has 1 N–H and O–H groups in total. The van der Waals surface area contributed by atoms with Crippen molar-refractivity contribution < 1.29 is 9.53 Å². The van der Waals surface area contributed by atoms with E-state index in [9.17, 15) is 4.79 Å². The van der Waals surface area contributed by atoms with Crippen molar-refractivity contribution in [3.05, 3.63) is 35.9 Å². The summed E-state index contributed by atoms with van der Waals surface area (Å²) in [6.07, 6.45) is 1.80. The van der Waals surface area contributed by atoms with Gasteiger partial charge in [-0.15, -0.1) is 0 Å². The van der Waals surface area contributed by atoms with Crippen LogP contribution in [-0.4, -0.2) is 30.9 Å². The summed E-state index contributed by atoms with van der Waals surface area (Å²) in [5.74, 6) is 1.90. The second-order valence-electron chi connectivity index (χ2n) is 5.00. The molecule has 112 valence electrons. The summed E-state index contributed by atoms with van der Waals surface area (Å²) < 4.78 is 4.89. The molecule has 0 spiro atoms. The normalized spacial score (nSPS) is 13.8. The maximum absolute atomic E-state index is 11.8. The summed E-state index contributed by atoms with van der Waals surface area (Å²) in [6.45, 7) is 4.69. The fourth-order valence-corrected chi connectivity index (χ4v) is 3.09. The molecule has 0 fully saturated rings. The van der Waals surface area contributed by atoms with Crippen molar-refractivity contribution in [3.63, 3.8) is 0 Å². The van der Waals surface area contributed by atoms with Gasteiger partial charge in [0.25, 0.3) is 0 Å². The first-order chi connectivity index (χ1) is 9.62. The lowest BCUT2D eigenvalue weighted by Crippen LogP contribution is -2.50. The van der Waals surface area contributed by atoms with Gasteiger partial charge in [-0.25, -0.2) is 0 Å². The average Bonchev–Trinajstić information content (AvgIpc) is 2.47. The summed E-state index contributed by atoms with van der Waals surface area (Å²) in [7, 11) is 1.45. The highest BCUT2D eigenvalue weighted by Gasteiger charge is 2.32. The van der Waals surface area contributed by atoms with E-state index in [2.05, 4.69) is 29.6 Å². The van der Waals surface area contributed by atoms with E-state index in [-0.39, 0.29) is 5.97 Å². The summed E-state index contributed by atoms with van der Waals surface area (Å²) in [5, 5.41) is 3.23. The van der Waals surface area contributed by atoms with E-state index in [4.69, 9.17) is 4.74 Å².